The first-order chi connectivity index (χ1) is 9.55. The van der Waals surface area contributed by atoms with E-state index in [9.17, 15) is 4.39 Å². The Labute approximate surface area is 121 Å². The minimum Gasteiger partial charge on any atom is -0.378 e. The first-order valence-electron chi connectivity index (χ1n) is 7.60. The summed E-state index contributed by atoms with van der Waals surface area (Å²) in [5, 5.41) is 3.40. The molecule has 0 amide bonds. The van der Waals surface area contributed by atoms with E-state index in [0.29, 0.717) is 18.1 Å². The van der Waals surface area contributed by atoms with Crippen molar-refractivity contribution in [2.75, 3.05) is 13.7 Å². The van der Waals surface area contributed by atoms with Crippen LogP contribution >= 0.6 is 0 Å². The van der Waals surface area contributed by atoms with Crippen molar-refractivity contribution < 1.29 is 9.13 Å². The van der Waals surface area contributed by atoms with E-state index in [4.69, 9.17) is 4.74 Å². The van der Waals surface area contributed by atoms with Crippen LogP contribution in [0.4, 0.5) is 4.39 Å². The number of hydrogen-bond acceptors (Lipinski definition) is 2. The molecule has 0 spiro atoms. The van der Waals surface area contributed by atoms with E-state index in [1.165, 1.54) is 5.56 Å². The molecular weight excluding hydrogens is 253 g/mol. The Balaban J connectivity index is 2.03. The number of ether oxygens (including phenoxy) is 1. The number of rotatable bonds is 6. The lowest BCUT2D eigenvalue weighted by atomic mass is 9.76. The van der Waals surface area contributed by atoms with Crippen LogP contribution in [0.2, 0.25) is 0 Å². The van der Waals surface area contributed by atoms with Gasteiger partial charge in [0.05, 0.1) is 6.10 Å². The highest BCUT2D eigenvalue weighted by Gasteiger charge is 2.32. The van der Waals surface area contributed by atoms with Crippen LogP contribution < -0.4 is 5.32 Å². The number of benzene rings is 1. The van der Waals surface area contributed by atoms with Gasteiger partial charge in [0.25, 0.3) is 0 Å². The molecule has 0 saturated heterocycles. The predicted molar refractivity (Wildman–Crippen MR) is 80.4 cm³/mol. The average molecular weight is 279 g/mol. The van der Waals surface area contributed by atoms with Crippen molar-refractivity contribution in [3.05, 3.63) is 34.6 Å². The summed E-state index contributed by atoms with van der Waals surface area (Å²) in [4.78, 5) is 0. The maximum Gasteiger partial charge on any atom is 0.123 e. The second kappa shape index (κ2) is 6.68. The van der Waals surface area contributed by atoms with Crippen molar-refractivity contribution in [2.45, 2.75) is 52.2 Å². The van der Waals surface area contributed by atoms with Gasteiger partial charge in [-0.3, -0.25) is 0 Å². The topological polar surface area (TPSA) is 21.3 Å². The quantitative estimate of drug-likeness (QED) is 0.852. The van der Waals surface area contributed by atoms with Gasteiger partial charge in [0, 0.05) is 12.6 Å². The normalized spacial score (nSPS) is 23.4. The summed E-state index contributed by atoms with van der Waals surface area (Å²) in [6, 6.07) is 3.58. The van der Waals surface area contributed by atoms with Crippen LogP contribution in [0.25, 0.3) is 0 Å². The van der Waals surface area contributed by atoms with Crippen LogP contribution in [0.5, 0.6) is 0 Å². The zero-order chi connectivity index (χ0) is 14.7. The third-order valence-electron chi connectivity index (χ3n) is 4.42. The molecule has 1 aliphatic carbocycles. The zero-order valence-corrected chi connectivity index (χ0v) is 13.0. The van der Waals surface area contributed by atoms with Gasteiger partial charge >= 0.3 is 0 Å². The van der Waals surface area contributed by atoms with Gasteiger partial charge in [-0.25, -0.2) is 4.39 Å². The Morgan fingerprint density at radius 3 is 2.40 bits per heavy atom. The van der Waals surface area contributed by atoms with E-state index >= 15 is 0 Å². The van der Waals surface area contributed by atoms with E-state index in [1.54, 1.807) is 12.1 Å². The molecule has 1 saturated carbocycles. The Hall–Kier alpha value is -0.930. The first-order valence-corrected chi connectivity index (χ1v) is 7.60. The molecule has 1 unspecified atom stereocenters. The monoisotopic (exact) mass is 279 g/mol. The van der Waals surface area contributed by atoms with Gasteiger partial charge in [-0.15, -0.1) is 0 Å². The van der Waals surface area contributed by atoms with Crippen LogP contribution in [0.1, 0.15) is 48.9 Å². The summed E-state index contributed by atoms with van der Waals surface area (Å²) < 4.78 is 19.0. The van der Waals surface area contributed by atoms with E-state index < -0.39 is 0 Å². The fourth-order valence-electron chi connectivity index (χ4n) is 3.42. The predicted octanol–water partition coefficient (Wildman–Crippen LogP) is 3.91. The number of halogens is 1. The summed E-state index contributed by atoms with van der Waals surface area (Å²) in [5.74, 6) is 0.575. The van der Waals surface area contributed by atoms with Crippen LogP contribution in [-0.4, -0.2) is 19.8 Å². The van der Waals surface area contributed by atoms with E-state index in [2.05, 4.69) is 12.2 Å². The van der Waals surface area contributed by atoms with Gasteiger partial charge < -0.3 is 10.1 Å². The molecule has 1 atom stereocenters. The molecule has 1 aromatic carbocycles. The van der Waals surface area contributed by atoms with Crippen LogP contribution in [0.15, 0.2) is 12.1 Å². The summed E-state index contributed by atoms with van der Waals surface area (Å²) in [5.41, 5.74) is 3.35. The minimum absolute atomic E-state index is 0.140. The molecule has 0 radical (unpaired) electrons. The van der Waals surface area contributed by atoms with Crippen molar-refractivity contribution in [1.29, 1.82) is 0 Å². The smallest absolute Gasteiger partial charge is 0.123 e. The molecule has 0 aliphatic heterocycles. The molecule has 20 heavy (non-hydrogen) atoms. The number of aryl methyl sites for hydroxylation is 2. The Morgan fingerprint density at radius 2 is 1.90 bits per heavy atom. The third kappa shape index (κ3) is 3.39. The standard InChI is InChI=1S/C17H26FNO/c1-5-20-15-8-13(9-15)10-16(19-4)17-11(2)6-14(18)7-12(17)3/h6-7,13,15-16,19H,5,8-10H2,1-4H3. The van der Waals surface area contributed by atoms with Gasteiger partial charge in [0.15, 0.2) is 0 Å². The molecule has 2 nitrogen and oxygen atoms in total. The molecule has 0 bridgehead atoms. The summed E-state index contributed by atoms with van der Waals surface area (Å²) in [6.07, 6.45) is 3.88. The van der Waals surface area contributed by atoms with E-state index in [0.717, 1.165) is 37.0 Å². The van der Waals surface area contributed by atoms with Gasteiger partial charge in [0.1, 0.15) is 5.82 Å². The second-order valence-electron chi connectivity index (χ2n) is 5.95. The van der Waals surface area contributed by atoms with Crippen LogP contribution in [0.3, 0.4) is 0 Å². The summed E-state index contributed by atoms with van der Waals surface area (Å²) in [7, 11) is 1.99. The Morgan fingerprint density at radius 1 is 1.30 bits per heavy atom. The molecular formula is C17H26FNO. The lowest BCUT2D eigenvalue weighted by Crippen LogP contribution is -2.34. The van der Waals surface area contributed by atoms with Crippen molar-refractivity contribution in [1.82, 2.24) is 5.32 Å². The lowest BCUT2D eigenvalue weighted by molar-refractivity contribution is -0.0290. The molecule has 1 fully saturated rings. The van der Waals surface area contributed by atoms with Crippen molar-refractivity contribution in [3.63, 3.8) is 0 Å². The van der Waals surface area contributed by atoms with Gasteiger partial charge in [-0.05, 0) is 81.8 Å². The SMILES string of the molecule is CCOC1CC(CC(NC)c2c(C)cc(F)cc2C)C1. The third-order valence-corrected chi connectivity index (χ3v) is 4.42. The van der Waals surface area contributed by atoms with Crippen molar-refractivity contribution in [3.8, 4) is 0 Å². The molecule has 0 heterocycles. The molecule has 3 heteroatoms. The highest BCUT2D eigenvalue weighted by Crippen LogP contribution is 2.38. The fraction of sp³-hybridized carbons (Fsp3) is 0.647. The number of hydrogen-bond donors (Lipinski definition) is 1. The van der Waals surface area contributed by atoms with Gasteiger partial charge in [-0.2, -0.15) is 0 Å². The highest BCUT2D eigenvalue weighted by molar-refractivity contribution is 5.37. The zero-order valence-electron chi connectivity index (χ0n) is 13.0. The van der Waals surface area contributed by atoms with Crippen LogP contribution in [-0.2, 0) is 4.74 Å². The Kier molecular flexibility index (Phi) is 5.17. The van der Waals surface area contributed by atoms with Crippen LogP contribution in [0, 0.1) is 25.6 Å². The van der Waals surface area contributed by atoms with Gasteiger partial charge in [0.2, 0.25) is 0 Å². The molecule has 1 aromatic rings. The molecule has 0 aromatic heterocycles. The number of nitrogens with one attached hydrogen (secondary N) is 1. The average Bonchev–Trinajstić information content (AvgIpc) is 2.33. The van der Waals surface area contributed by atoms with E-state index in [-0.39, 0.29) is 5.82 Å². The molecule has 2 rings (SSSR count). The molecule has 112 valence electrons. The first kappa shape index (κ1) is 15.5. The van der Waals surface area contributed by atoms with Gasteiger partial charge in [-0.1, -0.05) is 0 Å². The largest absolute Gasteiger partial charge is 0.378 e. The fourth-order valence-corrected chi connectivity index (χ4v) is 3.42. The minimum atomic E-state index is -0.140. The highest BCUT2D eigenvalue weighted by atomic mass is 19.1. The van der Waals surface area contributed by atoms with E-state index in [1.807, 2.05) is 20.9 Å². The molecule has 1 aliphatic rings. The lowest BCUT2D eigenvalue weighted by Gasteiger charge is -2.37. The molecule has 1 N–H and O–H groups in total. The summed E-state index contributed by atoms with van der Waals surface area (Å²) in [6.45, 7) is 6.86. The maximum absolute atomic E-state index is 13.4. The maximum atomic E-state index is 13.4. The summed E-state index contributed by atoms with van der Waals surface area (Å²) >= 11 is 0. The van der Waals surface area contributed by atoms with Crippen molar-refractivity contribution in [2.24, 2.45) is 5.92 Å². The Bertz CT molecular complexity index is 431. The van der Waals surface area contributed by atoms with Crippen molar-refractivity contribution >= 4 is 0 Å². The second-order valence-corrected chi connectivity index (χ2v) is 5.95.